The van der Waals surface area contributed by atoms with Crippen LogP contribution in [0.2, 0.25) is 5.02 Å². The molecule has 0 aliphatic rings. The summed E-state index contributed by atoms with van der Waals surface area (Å²) in [6, 6.07) is 3.41. The molecule has 0 atom stereocenters. The Hall–Kier alpha value is -2.41. The maximum atomic E-state index is 11.9. The summed E-state index contributed by atoms with van der Waals surface area (Å²) in [5.41, 5.74) is 1.83. The van der Waals surface area contributed by atoms with E-state index in [2.05, 4.69) is 15.2 Å². The highest BCUT2D eigenvalue weighted by Crippen LogP contribution is 2.22. The predicted octanol–water partition coefficient (Wildman–Crippen LogP) is 2.05. The van der Waals surface area contributed by atoms with Gasteiger partial charge in [-0.25, -0.2) is 14.3 Å². The van der Waals surface area contributed by atoms with E-state index in [-0.39, 0.29) is 5.69 Å². The number of methoxy groups -OCH3 is 1. The fraction of sp³-hybridized carbons (Fsp3) is 0.231. The molecule has 0 saturated carbocycles. The predicted molar refractivity (Wildman–Crippen MR) is 76.2 cm³/mol. The Morgan fingerprint density at radius 2 is 2.24 bits per heavy atom. The molecule has 8 heteroatoms. The van der Waals surface area contributed by atoms with E-state index in [0.717, 1.165) is 6.54 Å². The third-order valence-electron chi connectivity index (χ3n) is 3.05. The van der Waals surface area contributed by atoms with E-state index in [9.17, 15) is 4.79 Å². The van der Waals surface area contributed by atoms with E-state index in [4.69, 9.17) is 16.3 Å². The zero-order valence-electron chi connectivity index (χ0n) is 11.4. The van der Waals surface area contributed by atoms with Crippen molar-refractivity contribution in [1.29, 1.82) is 0 Å². The lowest BCUT2D eigenvalue weighted by Gasteiger charge is -2.05. The number of carbonyl (C=O) groups is 1. The molecule has 108 valence electrons. The van der Waals surface area contributed by atoms with E-state index in [0.29, 0.717) is 22.1 Å². The molecule has 0 spiro atoms. The first-order valence-electron chi connectivity index (χ1n) is 6.30. The van der Waals surface area contributed by atoms with Crippen molar-refractivity contribution < 1.29 is 9.53 Å². The summed E-state index contributed by atoms with van der Waals surface area (Å²) >= 11 is 6.06. The van der Waals surface area contributed by atoms with Gasteiger partial charge in [-0.05, 0) is 19.1 Å². The van der Waals surface area contributed by atoms with Crippen LogP contribution in [0.1, 0.15) is 17.4 Å². The van der Waals surface area contributed by atoms with Crippen LogP contribution in [-0.2, 0) is 11.3 Å². The molecule has 0 unspecified atom stereocenters. The lowest BCUT2D eigenvalue weighted by atomic mass is 10.2. The highest BCUT2D eigenvalue weighted by Gasteiger charge is 2.18. The molecular formula is C13H12ClN5O2. The maximum Gasteiger partial charge on any atom is 0.356 e. The number of rotatable bonds is 3. The van der Waals surface area contributed by atoms with Crippen molar-refractivity contribution >= 4 is 23.2 Å². The minimum Gasteiger partial charge on any atom is -0.464 e. The largest absolute Gasteiger partial charge is 0.464 e. The van der Waals surface area contributed by atoms with Gasteiger partial charge in [-0.2, -0.15) is 10.2 Å². The van der Waals surface area contributed by atoms with Crippen LogP contribution in [0.3, 0.4) is 0 Å². The molecule has 3 rings (SSSR count). The first-order valence-corrected chi connectivity index (χ1v) is 6.68. The molecule has 3 aromatic heterocycles. The van der Waals surface area contributed by atoms with Crippen LogP contribution in [0.25, 0.3) is 17.0 Å². The Kier molecular flexibility index (Phi) is 3.34. The number of fused-ring (bicyclic) bond motifs is 1. The van der Waals surface area contributed by atoms with Gasteiger partial charge < -0.3 is 4.74 Å². The van der Waals surface area contributed by atoms with Crippen LogP contribution in [0.4, 0.5) is 0 Å². The molecule has 0 bridgehead atoms. The van der Waals surface area contributed by atoms with Crippen LogP contribution in [0, 0.1) is 0 Å². The van der Waals surface area contributed by atoms with Crippen LogP contribution in [0.15, 0.2) is 24.5 Å². The van der Waals surface area contributed by atoms with Gasteiger partial charge in [-0.1, -0.05) is 11.6 Å². The number of aromatic nitrogens is 5. The SMILES string of the molecule is CCn1ccc(-c2cc(C(=O)OC)n3ncc(Cl)c3n2)n1. The van der Waals surface area contributed by atoms with Crippen LogP contribution in [-0.4, -0.2) is 37.5 Å². The van der Waals surface area contributed by atoms with Gasteiger partial charge in [0.15, 0.2) is 11.3 Å². The van der Waals surface area contributed by atoms with E-state index >= 15 is 0 Å². The molecule has 3 aromatic rings. The second-order valence-corrected chi connectivity index (χ2v) is 4.71. The molecule has 0 aliphatic carbocycles. The quantitative estimate of drug-likeness (QED) is 0.692. The first kappa shape index (κ1) is 13.6. The summed E-state index contributed by atoms with van der Waals surface area (Å²) in [4.78, 5) is 16.3. The van der Waals surface area contributed by atoms with Gasteiger partial charge in [0.2, 0.25) is 0 Å². The summed E-state index contributed by atoms with van der Waals surface area (Å²) in [5, 5.41) is 8.77. The summed E-state index contributed by atoms with van der Waals surface area (Å²) < 4.78 is 7.91. The monoisotopic (exact) mass is 305 g/mol. The molecule has 0 aromatic carbocycles. The summed E-state index contributed by atoms with van der Waals surface area (Å²) in [6.45, 7) is 2.74. The topological polar surface area (TPSA) is 74.3 Å². The molecule has 0 aliphatic heterocycles. The van der Waals surface area contributed by atoms with Crippen molar-refractivity contribution in [2.24, 2.45) is 0 Å². The molecule has 0 saturated heterocycles. The molecular weight excluding hydrogens is 294 g/mol. The zero-order chi connectivity index (χ0) is 15.0. The normalized spacial score (nSPS) is 11.0. The second-order valence-electron chi connectivity index (χ2n) is 4.30. The molecule has 0 radical (unpaired) electrons. The van der Waals surface area contributed by atoms with Crippen LogP contribution in [0.5, 0.6) is 0 Å². The average molecular weight is 306 g/mol. The highest BCUT2D eigenvalue weighted by molar-refractivity contribution is 6.33. The number of hydrogen-bond donors (Lipinski definition) is 0. The van der Waals surface area contributed by atoms with Gasteiger partial charge in [0, 0.05) is 12.7 Å². The zero-order valence-corrected chi connectivity index (χ0v) is 12.2. The Labute approximate surface area is 125 Å². The van der Waals surface area contributed by atoms with Crippen LogP contribution < -0.4 is 0 Å². The third-order valence-corrected chi connectivity index (χ3v) is 3.32. The molecule has 0 N–H and O–H groups in total. The standard InChI is InChI=1S/C13H12ClN5O2/c1-3-18-5-4-9(17-18)10-6-11(13(20)21-2)19-12(16-10)8(14)7-15-19/h4-7H,3H2,1-2H3. The van der Waals surface area contributed by atoms with Gasteiger partial charge in [0.05, 0.1) is 19.0 Å². The third kappa shape index (κ3) is 2.25. The van der Waals surface area contributed by atoms with Crippen molar-refractivity contribution in [3.05, 3.63) is 35.2 Å². The first-order chi connectivity index (χ1) is 10.1. The molecule has 7 nitrogen and oxygen atoms in total. The second kappa shape index (κ2) is 5.17. The van der Waals surface area contributed by atoms with E-state index < -0.39 is 5.97 Å². The minimum atomic E-state index is -0.515. The van der Waals surface area contributed by atoms with Crippen molar-refractivity contribution in [1.82, 2.24) is 24.4 Å². The Balaban J connectivity index is 2.23. The summed E-state index contributed by atoms with van der Waals surface area (Å²) in [6.07, 6.45) is 3.28. The molecule has 21 heavy (non-hydrogen) atoms. The molecule has 3 heterocycles. The van der Waals surface area contributed by atoms with E-state index in [1.807, 2.05) is 19.2 Å². The average Bonchev–Trinajstić information content (AvgIpc) is 3.13. The lowest BCUT2D eigenvalue weighted by molar-refractivity contribution is 0.0590. The molecule has 0 amide bonds. The van der Waals surface area contributed by atoms with E-state index in [1.54, 1.807) is 10.7 Å². The van der Waals surface area contributed by atoms with Crippen molar-refractivity contribution in [2.75, 3.05) is 7.11 Å². The molecule has 0 fully saturated rings. The number of aryl methyl sites for hydroxylation is 1. The van der Waals surface area contributed by atoms with Crippen molar-refractivity contribution in [2.45, 2.75) is 13.5 Å². The number of esters is 1. The van der Waals surface area contributed by atoms with Gasteiger partial charge in [0.1, 0.15) is 10.7 Å². The van der Waals surface area contributed by atoms with Gasteiger partial charge >= 0.3 is 5.97 Å². The summed E-state index contributed by atoms with van der Waals surface area (Å²) in [7, 11) is 1.31. The number of halogens is 1. The maximum absolute atomic E-state index is 11.9. The van der Waals surface area contributed by atoms with Gasteiger partial charge in [-0.3, -0.25) is 4.68 Å². The fourth-order valence-electron chi connectivity index (χ4n) is 1.99. The lowest BCUT2D eigenvalue weighted by Crippen LogP contribution is -2.10. The minimum absolute atomic E-state index is 0.246. The summed E-state index contributed by atoms with van der Waals surface area (Å²) in [5.74, 6) is -0.515. The Morgan fingerprint density at radius 1 is 1.43 bits per heavy atom. The Bertz CT molecular complexity index is 823. The van der Waals surface area contributed by atoms with E-state index in [1.165, 1.54) is 17.8 Å². The number of carbonyl (C=O) groups excluding carboxylic acids is 1. The van der Waals surface area contributed by atoms with Crippen LogP contribution >= 0.6 is 11.6 Å². The van der Waals surface area contributed by atoms with Crippen molar-refractivity contribution in [3.8, 4) is 11.4 Å². The number of hydrogen-bond acceptors (Lipinski definition) is 5. The fourth-order valence-corrected chi connectivity index (χ4v) is 2.16. The smallest absolute Gasteiger partial charge is 0.356 e. The number of ether oxygens (including phenoxy) is 1. The highest BCUT2D eigenvalue weighted by atomic mass is 35.5. The number of nitrogens with zero attached hydrogens (tertiary/aromatic N) is 5. The van der Waals surface area contributed by atoms with Gasteiger partial charge in [0.25, 0.3) is 0 Å². The Morgan fingerprint density at radius 3 is 2.90 bits per heavy atom. The van der Waals surface area contributed by atoms with Crippen molar-refractivity contribution in [3.63, 3.8) is 0 Å². The van der Waals surface area contributed by atoms with Gasteiger partial charge in [-0.15, -0.1) is 0 Å².